The Kier molecular flexibility index (Phi) is 7.31. The molecule has 0 radical (unpaired) electrons. The Bertz CT molecular complexity index is 1280. The van der Waals surface area contributed by atoms with Crippen molar-refractivity contribution in [3.63, 3.8) is 0 Å². The van der Waals surface area contributed by atoms with Gasteiger partial charge in [-0.2, -0.15) is 0 Å². The first-order chi connectivity index (χ1) is 17.6. The highest BCUT2D eigenvalue weighted by Gasteiger charge is 2.66. The van der Waals surface area contributed by atoms with Crippen molar-refractivity contribution in [2.45, 2.75) is 63.2 Å². The highest BCUT2D eigenvalue weighted by atomic mass is 127. The number of aliphatic hydroxyl groups excluding tert-OH is 1. The molecule has 2 aliphatic rings. The number of carbonyl (C=O) groups is 1. The Morgan fingerprint density at radius 3 is 2.59 bits per heavy atom. The fourth-order valence-electron chi connectivity index (χ4n) is 6.17. The molecule has 3 heterocycles. The number of benzene rings is 2. The van der Waals surface area contributed by atoms with Crippen LogP contribution in [0.2, 0.25) is 18.6 Å². The van der Waals surface area contributed by atoms with E-state index in [9.17, 15) is 14.7 Å². The molecular weight excluding hydrogens is 599 g/mol. The number of aliphatic hydroxyl groups is 1. The van der Waals surface area contributed by atoms with Crippen molar-refractivity contribution < 1.29 is 19.4 Å². The van der Waals surface area contributed by atoms with E-state index in [-0.39, 0.29) is 30.1 Å². The molecule has 0 bridgehead atoms. The van der Waals surface area contributed by atoms with Gasteiger partial charge < -0.3 is 19.5 Å². The summed E-state index contributed by atoms with van der Waals surface area (Å²) in [6.07, 6.45) is 2.59. The first-order valence-electron chi connectivity index (χ1n) is 12.7. The number of anilines is 1. The van der Waals surface area contributed by atoms with Crippen molar-refractivity contribution in [2.75, 3.05) is 11.5 Å². The van der Waals surface area contributed by atoms with Crippen molar-refractivity contribution in [2.24, 2.45) is 5.92 Å². The molecule has 1 amide bonds. The molecule has 1 spiro atoms. The Balaban J connectivity index is 1.47. The van der Waals surface area contributed by atoms with E-state index in [1.807, 2.05) is 48.5 Å². The van der Waals surface area contributed by atoms with E-state index in [1.165, 1.54) is 0 Å². The van der Waals surface area contributed by atoms with Gasteiger partial charge in [0.15, 0.2) is 13.9 Å². The molecule has 2 aromatic carbocycles. The Morgan fingerprint density at radius 1 is 1.16 bits per heavy atom. The van der Waals surface area contributed by atoms with Crippen molar-refractivity contribution in [1.82, 2.24) is 15.0 Å². The molecule has 0 aliphatic carbocycles. The molecule has 10 heteroatoms. The van der Waals surface area contributed by atoms with Crippen LogP contribution >= 0.6 is 22.6 Å². The Hall–Kier alpha value is -2.12. The number of halogens is 1. The molecule has 1 saturated heterocycles. The van der Waals surface area contributed by atoms with Gasteiger partial charge >= 0.3 is 0 Å². The highest BCUT2D eigenvalue weighted by molar-refractivity contribution is 14.1. The summed E-state index contributed by atoms with van der Waals surface area (Å²) < 4.78 is 9.74. The standard InChI is InChI=1S/C27H33IN4O4Si/c1-18-25(37(2,3)35)24(12-14-31-17-21(13-15-33)29-30-31)36-27(18)22-6-4-5-7-23(22)32(26(27)34)16-19-8-10-20(28)11-9-19/h4-11,17-18,24-25,33,35H,12-16H2,1-3H3/t18-,24+,25-,27+/m0/s1. The molecule has 3 aromatic rings. The second kappa shape index (κ2) is 10.2. The maximum Gasteiger partial charge on any atom is 0.264 e. The van der Waals surface area contributed by atoms with E-state index in [1.54, 1.807) is 4.68 Å². The lowest BCUT2D eigenvalue weighted by Crippen LogP contribution is -2.46. The summed E-state index contributed by atoms with van der Waals surface area (Å²) in [4.78, 5) is 27.6. The monoisotopic (exact) mass is 632 g/mol. The number of fused-ring (bicyclic) bond motifs is 2. The average molecular weight is 633 g/mol. The topological polar surface area (TPSA) is 101 Å². The van der Waals surface area contributed by atoms with Gasteiger partial charge in [0, 0.05) is 46.4 Å². The van der Waals surface area contributed by atoms with Gasteiger partial charge in [0.1, 0.15) is 0 Å². The molecule has 1 fully saturated rings. The van der Waals surface area contributed by atoms with E-state index >= 15 is 0 Å². The molecule has 1 aromatic heterocycles. The zero-order valence-corrected chi connectivity index (χ0v) is 24.5. The van der Waals surface area contributed by atoms with Crippen molar-refractivity contribution >= 4 is 42.5 Å². The molecule has 8 nitrogen and oxygen atoms in total. The molecule has 5 rings (SSSR count). The number of para-hydroxylation sites is 1. The van der Waals surface area contributed by atoms with Gasteiger partial charge in [-0.15, -0.1) is 5.10 Å². The molecule has 0 saturated carbocycles. The summed E-state index contributed by atoms with van der Waals surface area (Å²) in [7, 11) is -2.72. The van der Waals surface area contributed by atoms with Crippen LogP contribution in [-0.4, -0.2) is 51.8 Å². The summed E-state index contributed by atoms with van der Waals surface area (Å²) in [5, 5.41) is 17.5. The number of nitrogens with zero attached hydrogens (tertiary/aromatic N) is 4. The lowest BCUT2D eigenvalue weighted by Gasteiger charge is -2.32. The lowest BCUT2D eigenvalue weighted by molar-refractivity contribution is -0.146. The SMILES string of the molecule is C[C@H]1[C@H]([Si](C)(C)O)[C@@H](CCn2cc(CCO)nn2)O[C@]12C(=O)N(Cc1ccc(I)cc1)c1ccccc12. The van der Waals surface area contributed by atoms with E-state index < -0.39 is 13.9 Å². The van der Waals surface area contributed by atoms with E-state index in [0.717, 1.165) is 26.1 Å². The van der Waals surface area contributed by atoms with Crippen LogP contribution in [0, 0.1) is 9.49 Å². The molecule has 4 atom stereocenters. The van der Waals surface area contributed by atoms with Crippen LogP contribution in [0.4, 0.5) is 5.69 Å². The number of rotatable bonds is 8. The summed E-state index contributed by atoms with van der Waals surface area (Å²) in [5.74, 6) is -0.253. The van der Waals surface area contributed by atoms with Crippen LogP contribution < -0.4 is 4.90 Å². The van der Waals surface area contributed by atoms with Gasteiger partial charge in [-0.25, -0.2) is 0 Å². The van der Waals surface area contributed by atoms with Crippen LogP contribution in [0.15, 0.2) is 54.7 Å². The second-order valence-electron chi connectivity index (χ2n) is 10.6. The minimum Gasteiger partial charge on any atom is -0.432 e. The smallest absolute Gasteiger partial charge is 0.264 e. The van der Waals surface area contributed by atoms with Gasteiger partial charge in [-0.05, 0) is 65.9 Å². The molecule has 0 unspecified atom stereocenters. The van der Waals surface area contributed by atoms with Crippen LogP contribution in [0.3, 0.4) is 0 Å². The van der Waals surface area contributed by atoms with E-state index in [0.29, 0.717) is 25.9 Å². The summed E-state index contributed by atoms with van der Waals surface area (Å²) in [6, 6.07) is 16.1. The third-order valence-corrected chi connectivity index (χ3v) is 11.0. The van der Waals surface area contributed by atoms with Gasteiger partial charge in [0.05, 0.1) is 24.0 Å². The fourth-order valence-corrected chi connectivity index (χ4v) is 9.13. The minimum absolute atomic E-state index is 0.0249. The van der Waals surface area contributed by atoms with E-state index in [2.05, 4.69) is 64.1 Å². The Morgan fingerprint density at radius 2 is 1.89 bits per heavy atom. The van der Waals surface area contributed by atoms with Crippen LogP contribution in [0.1, 0.15) is 30.2 Å². The largest absolute Gasteiger partial charge is 0.432 e. The second-order valence-corrected chi connectivity index (χ2v) is 15.8. The molecule has 2 aliphatic heterocycles. The third kappa shape index (κ3) is 4.78. The van der Waals surface area contributed by atoms with Gasteiger partial charge in [-0.3, -0.25) is 9.48 Å². The summed E-state index contributed by atoms with van der Waals surface area (Å²) >= 11 is 2.28. The maximum atomic E-state index is 14.3. The average Bonchev–Trinajstić information content (AvgIpc) is 3.50. The van der Waals surface area contributed by atoms with Crippen molar-refractivity contribution in [3.8, 4) is 0 Å². The van der Waals surface area contributed by atoms with Crippen molar-refractivity contribution in [1.29, 1.82) is 0 Å². The summed E-state index contributed by atoms with van der Waals surface area (Å²) in [6.45, 7) is 6.98. The number of aryl methyl sites for hydroxylation is 1. The lowest BCUT2D eigenvalue weighted by atomic mass is 9.82. The zero-order chi connectivity index (χ0) is 26.4. The van der Waals surface area contributed by atoms with E-state index in [4.69, 9.17) is 4.74 Å². The number of hydrogen-bond donors (Lipinski definition) is 2. The summed E-state index contributed by atoms with van der Waals surface area (Å²) in [5.41, 5.74) is 2.28. The van der Waals surface area contributed by atoms with Crippen LogP contribution in [0.25, 0.3) is 0 Å². The molecule has 196 valence electrons. The van der Waals surface area contributed by atoms with Gasteiger partial charge in [-0.1, -0.05) is 42.5 Å². The number of carbonyl (C=O) groups excluding carboxylic acids is 1. The predicted octanol–water partition coefficient (Wildman–Crippen LogP) is 3.85. The number of amides is 1. The van der Waals surface area contributed by atoms with Crippen LogP contribution in [-0.2, 0) is 34.6 Å². The first kappa shape index (κ1) is 26.5. The third-order valence-electron chi connectivity index (χ3n) is 7.74. The number of ether oxygens (including phenoxy) is 1. The van der Waals surface area contributed by atoms with Gasteiger partial charge in [0.25, 0.3) is 5.91 Å². The normalized spacial score (nSPS) is 25.3. The molecule has 37 heavy (non-hydrogen) atoms. The molecular formula is C27H33IN4O4Si. The zero-order valence-electron chi connectivity index (χ0n) is 21.3. The molecule has 2 N–H and O–H groups in total. The quantitative estimate of drug-likeness (QED) is 0.289. The first-order valence-corrected chi connectivity index (χ1v) is 16.8. The fraction of sp³-hybridized carbons (Fsp3) is 0.444. The minimum atomic E-state index is -2.72. The maximum absolute atomic E-state index is 14.3. The Labute approximate surface area is 231 Å². The number of aromatic nitrogens is 3. The van der Waals surface area contributed by atoms with Crippen molar-refractivity contribution in [3.05, 3.63) is 75.1 Å². The predicted molar refractivity (Wildman–Crippen MR) is 151 cm³/mol. The van der Waals surface area contributed by atoms with Crippen LogP contribution in [0.5, 0.6) is 0 Å². The van der Waals surface area contributed by atoms with Gasteiger partial charge in [0.2, 0.25) is 0 Å². The highest BCUT2D eigenvalue weighted by Crippen LogP contribution is 2.59. The number of hydrogen-bond acceptors (Lipinski definition) is 6.